The number of para-hydroxylation sites is 1. The number of fused-ring (bicyclic) bond motifs is 12. The molecular formula is C60H50BN2S. The number of rotatable bonds is 4. The summed E-state index contributed by atoms with van der Waals surface area (Å²) >= 11 is 1.90. The average Bonchev–Trinajstić information content (AvgIpc) is 3.91. The van der Waals surface area contributed by atoms with Gasteiger partial charge >= 0.3 is 0 Å². The molecule has 0 unspecified atom stereocenters. The van der Waals surface area contributed by atoms with Crippen LogP contribution in [0.3, 0.4) is 0 Å². The van der Waals surface area contributed by atoms with Crippen LogP contribution in [0.2, 0.25) is 0 Å². The molecule has 13 rings (SSSR count). The van der Waals surface area contributed by atoms with Crippen molar-refractivity contribution in [1.29, 1.82) is 0 Å². The van der Waals surface area contributed by atoms with Crippen LogP contribution in [0.25, 0.3) is 81.0 Å². The van der Waals surface area contributed by atoms with Crippen LogP contribution in [0.1, 0.15) is 82.2 Å². The van der Waals surface area contributed by atoms with Crippen LogP contribution in [-0.4, -0.2) is 11.8 Å². The molecule has 2 aromatic heterocycles. The van der Waals surface area contributed by atoms with E-state index in [0.29, 0.717) is 0 Å². The number of hydrogen-bond acceptors (Lipinski definition) is 2. The number of nitrogens with one attached hydrogen (secondary N) is 1. The van der Waals surface area contributed by atoms with E-state index in [0.717, 1.165) is 11.4 Å². The maximum Gasteiger partial charge on any atom is 0.197 e. The molecular weight excluding hydrogens is 792 g/mol. The molecule has 2 nitrogen and oxygen atoms in total. The van der Waals surface area contributed by atoms with Gasteiger partial charge in [-0.1, -0.05) is 137 Å². The van der Waals surface area contributed by atoms with E-state index >= 15 is 0 Å². The summed E-state index contributed by atoms with van der Waals surface area (Å²) < 4.78 is 5.34. The maximum atomic E-state index is 3.87. The Morgan fingerprint density at radius 2 is 1.25 bits per heavy atom. The summed E-state index contributed by atoms with van der Waals surface area (Å²) in [4.78, 5) is 0. The minimum Gasteiger partial charge on any atom is -0.355 e. The molecule has 0 saturated carbocycles. The summed E-state index contributed by atoms with van der Waals surface area (Å²) in [6.45, 7) is 16.8. The van der Waals surface area contributed by atoms with Gasteiger partial charge in [0.25, 0.3) is 0 Å². The largest absolute Gasteiger partial charge is 0.355 e. The van der Waals surface area contributed by atoms with Gasteiger partial charge in [-0.3, -0.25) is 0 Å². The zero-order valence-electron chi connectivity index (χ0n) is 37.7. The molecule has 4 heteroatoms. The van der Waals surface area contributed by atoms with Gasteiger partial charge in [0.1, 0.15) is 0 Å². The molecule has 3 aliphatic rings. The summed E-state index contributed by atoms with van der Waals surface area (Å²) in [5.74, 6) is 0. The lowest BCUT2D eigenvalue weighted by Gasteiger charge is -2.42. The monoisotopic (exact) mass is 841 g/mol. The number of anilines is 2. The van der Waals surface area contributed by atoms with E-state index in [1.165, 1.54) is 133 Å². The van der Waals surface area contributed by atoms with Crippen molar-refractivity contribution in [3.8, 4) is 39.1 Å². The molecule has 10 aromatic rings. The predicted molar refractivity (Wildman–Crippen MR) is 277 cm³/mol. The summed E-state index contributed by atoms with van der Waals surface area (Å²) in [6, 6.07) is 55.7. The molecule has 0 spiro atoms. The molecule has 0 bridgehead atoms. The highest BCUT2D eigenvalue weighted by Crippen LogP contribution is 2.53. The van der Waals surface area contributed by atoms with Crippen molar-refractivity contribution in [2.45, 2.75) is 77.6 Å². The van der Waals surface area contributed by atoms with Crippen LogP contribution < -0.4 is 16.2 Å². The van der Waals surface area contributed by atoms with Crippen LogP contribution in [0.4, 0.5) is 11.4 Å². The molecule has 0 fully saturated rings. The van der Waals surface area contributed by atoms with Gasteiger partial charge in [-0.25, -0.2) is 0 Å². The Hall–Kier alpha value is -6.36. The first-order valence-electron chi connectivity index (χ1n) is 23.0. The second-order valence-corrected chi connectivity index (χ2v) is 21.8. The summed E-state index contributed by atoms with van der Waals surface area (Å²) in [5.41, 5.74) is 23.3. The zero-order chi connectivity index (χ0) is 43.4. The molecule has 1 N–H and O–H groups in total. The van der Waals surface area contributed by atoms with Gasteiger partial charge in [-0.05, 0) is 147 Å². The van der Waals surface area contributed by atoms with Gasteiger partial charge in [0.05, 0.1) is 5.52 Å². The predicted octanol–water partition coefficient (Wildman–Crippen LogP) is 15.2. The van der Waals surface area contributed by atoms with E-state index in [4.69, 9.17) is 0 Å². The van der Waals surface area contributed by atoms with Crippen molar-refractivity contribution in [2.24, 2.45) is 0 Å². The average molecular weight is 842 g/mol. The number of benzene rings is 8. The summed E-state index contributed by atoms with van der Waals surface area (Å²) in [7, 11) is 2.51. The normalized spacial score (nSPS) is 16.1. The van der Waals surface area contributed by atoms with E-state index in [9.17, 15) is 0 Å². The Bertz CT molecular complexity index is 3650. The quantitative estimate of drug-likeness (QED) is 0.175. The molecule has 1 aliphatic heterocycles. The van der Waals surface area contributed by atoms with Crippen molar-refractivity contribution >= 4 is 82.9 Å². The second kappa shape index (κ2) is 13.1. The fourth-order valence-corrected chi connectivity index (χ4v) is 13.0. The van der Waals surface area contributed by atoms with E-state index < -0.39 is 0 Å². The number of nitrogens with zero attached hydrogens (tertiary/aromatic N) is 1. The Balaban J connectivity index is 1.18. The molecule has 0 amide bonds. The molecule has 3 heterocycles. The van der Waals surface area contributed by atoms with Crippen molar-refractivity contribution in [3.63, 3.8) is 0 Å². The lowest BCUT2D eigenvalue weighted by molar-refractivity contribution is 0.332. The Kier molecular flexibility index (Phi) is 7.81. The number of hydrogen-bond donors (Lipinski definition) is 1. The fraction of sp³-hybridized carbons (Fsp3) is 0.200. The lowest BCUT2D eigenvalue weighted by Crippen LogP contribution is -2.37. The minimum absolute atomic E-state index is 0.0604. The first-order chi connectivity index (χ1) is 30.9. The van der Waals surface area contributed by atoms with Crippen LogP contribution in [0.5, 0.6) is 0 Å². The third-order valence-corrected chi connectivity index (χ3v) is 16.7. The van der Waals surface area contributed by atoms with Crippen LogP contribution in [0, 0.1) is 6.92 Å². The number of aromatic nitrogens is 1. The SMILES string of the molecule is Cc1ccc(Nc2ccccc2-c2cc(-c3ccc4c(c3)C(C)(C)c3ccccc3-4)c3c4cc5c(cc4n4c3c2[B]c2cc3sc6ccccc6c3cc2-4)C(C)(C)CCC5(C)C)cc1. The smallest absolute Gasteiger partial charge is 0.197 e. The fourth-order valence-electron chi connectivity index (χ4n) is 11.9. The molecule has 309 valence electrons. The van der Waals surface area contributed by atoms with Gasteiger partial charge in [0.15, 0.2) is 7.28 Å². The van der Waals surface area contributed by atoms with Crippen molar-refractivity contribution < 1.29 is 0 Å². The Morgan fingerprint density at radius 3 is 2.06 bits per heavy atom. The van der Waals surface area contributed by atoms with E-state index in [2.05, 4.69) is 211 Å². The van der Waals surface area contributed by atoms with E-state index in [1.807, 2.05) is 11.3 Å². The van der Waals surface area contributed by atoms with Gasteiger partial charge in [-0.15, -0.1) is 11.3 Å². The lowest BCUT2D eigenvalue weighted by atomic mass is 9.58. The first-order valence-corrected chi connectivity index (χ1v) is 23.9. The van der Waals surface area contributed by atoms with E-state index in [1.54, 1.807) is 0 Å². The van der Waals surface area contributed by atoms with Gasteiger partial charge in [-0.2, -0.15) is 0 Å². The topological polar surface area (TPSA) is 17.0 Å². The van der Waals surface area contributed by atoms with Crippen LogP contribution >= 0.6 is 11.3 Å². The standard InChI is InChI=1S/C60H50BN2S/c1-34-20-23-36(24-21-34)62-50-18-12-9-15-39(50)43-29-41(35-22-25-38-37-14-8-11-17-45(37)60(6,7)46(38)28-35)55-44-30-47-48(59(4,5)27-26-58(47,2)3)32-51(44)63-52-31-42-40-16-10-13-19-53(40)64-54(42)33-49(52)61-56(43)57(55)63/h8-25,28-33,62H,26-27H2,1-7H3. The van der Waals surface area contributed by atoms with Crippen LogP contribution in [0.15, 0.2) is 146 Å². The van der Waals surface area contributed by atoms with Gasteiger partial charge in [0, 0.05) is 64.5 Å². The van der Waals surface area contributed by atoms with Crippen molar-refractivity contribution in [2.75, 3.05) is 5.32 Å². The van der Waals surface area contributed by atoms with Gasteiger partial charge < -0.3 is 9.88 Å². The zero-order valence-corrected chi connectivity index (χ0v) is 38.5. The summed E-state index contributed by atoms with van der Waals surface area (Å²) in [5, 5.41) is 9.20. The molecule has 2 aliphatic carbocycles. The summed E-state index contributed by atoms with van der Waals surface area (Å²) in [6.07, 6.45) is 2.34. The van der Waals surface area contributed by atoms with Gasteiger partial charge in [0.2, 0.25) is 0 Å². The molecule has 8 aromatic carbocycles. The first kappa shape index (κ1) is 38.1. The third-order valence-electron chi connectivity index (χ3n) is 15.6. The molecule has 1 radical (unpaired) electrons. The Labute approximate surface area is 380 Å². The maximum absolute atomic E-state index is 3.87. The van der Waals surface area contributed by atoms with Crippen molar-refractivity contribution in [1.82, 2.24) is 4.57 Å². The highest BCUT2D eigenvalue weighted by atomic mass is 32.1. The van der Waals surface area contributed by atoms with E-state index in [-0.39, 0.29) is 16.2 Å². The van der Waals surface area contributed by atoms with Crippen molar-refractivity contribution in [3.05, 3.63) is 173 Å². The Morgan fingerprint density at radius 1 is 0.547 bits per heavy atom. The molecule has 0 saturated heterocycles. The minimum atomic E-state index is -0.121. The molecule has 0 atom stereocenters. The highest BCUT2D eigenvalue weighted by molar-refractivity contribution is 7.26. The highest BCUT2D eigenvalue weighted by Gasteiger charge is 2.40. The second-order valence-electron chi connectivity index (χ2n) is 20.7. The third kappa shape index (κ3) is 5.33. The number of thiophene rings is 1. The number of aryl methyl sites for hydroxylation is 1. The molecule has 64 heavy (non-hydrogen) atoms. The van der Waals surface area contributed by atoms with Crippen LogP contribution in [-0.2, 0) is 16.2 Å².